The molecule has 3 nitrogen and oxygen atoms in total. The van der Waals surface area contributed by atoms with Crippen molar-refractivity contribution in [1.82, 2.24) is 0 Å². The summed E-state index contributed by atoms with van der Waals surface area (Å²) in [7, 11) is 0. The molecule has 1 amide bonds. The maximum absolute atomic E-state index is 11.9. The topological polar surface area (TPSA) is 40.5 Å². The minimum Gasteiger partial charge on any atom is -0.508 e. The number of anilines is 1. The third-order valence-electron chi connectivity index (χ3n) is 3.58. The van der Waals surface area contributed by atoms with E-state index in [0.717, 1.165) is 43.5 Å². The Morgan fingerprint density at radius 2 is 2.00 bits per heavy atom. The van der Waals surface area contributed by atoms with E-state index < -0.39 is 0 Å². The van der Waals surface area contributed by atoms with Gasteiger partial charge in [0.25, 0.3) is 0 Å². The van der Waals surface area contributed by atoms with Gasteiger partial charge in [-0.1, -0.05) is 6.07 Å². The lowest BCUT2D eigenvalue weighted by Crippen LogP contribution is -2.35. The first-order valence-electron chi connectivity index (χ1n) is 5.91. The second kappa shape index (κ2) is 3.51. The lowest BCUT2D eigenvalue weighted by molar-refractivity contribution is -0.118. The average Bonchev–Trinajstić information content (AvgIpc) is 2.51. The van der Waals surface area contributed by atoms with E-state index in [1.807, 2.05) is 11.0 Å². The molecule has 1 aromatic rings. The molecule has 84 valence electrons. The lowest BCUT2D eigenvalue weighted by atomic mass is 9.96. The van der Waals surface area contributed by atoms with Crippen LogP contribution in [-0.4, -0.2) is 17.6 Å². The Bertz CT molecular complexity index is 453. The first kappa shape index (κ1) is 9.70. The highest BCUT2D eigenvalue weighted by molar-refractivity contribution is 5.97. The molecule has 0 radical (unpaired) electrons. The maximum atomic E-state index is 11.9. The molecule has 0 bridgehead atoms. The molecule has 2 aliphatic rings. The van der Waals surface area contributed by atoms with E-state index in [1.54, 1.807) is 6.07 Å². The van der Waals surface area contributed by atoms with Crippen LogP contribution in [0.3, 0.4) is 0 Å². The van der Waals surface area contributed by atoms with E-state index in [4.69, 9.17) is 0 Å². The molecular formula is C13H15NO2. The van der Waals surface area contributed by atoms with Crippen molar-refractivity contribution in [3.05, 3.63) is 23.3 Å². The van der Waals surface area contributed by atoms with Crippen LogP contribution in [0.15, 0.2) is 12.1 Å². The number of nitrogens with zero attached hydrogens (tertiary/aromatic N) is 1. The van der Waals surface area contributed by atoms with Gasteiger partial charge in [-0.25, -0.2) is 0 Å². The van der Waals surface area contributed by atoms with Crippen LogP contribution >= 0.6 is 0 Å². The van der Waals surface area contributed by atoms with Crippen LogP contribution < -0.4 is 4.90 Å². The zero-order valence-corrected chi connectivity index (χ0v) is 9.20. The summed E-state index contributed by atoms with van der Waals surface area (Å²) in [6.07, 6.45) is 4.39. The molecule has 0 saturated carbocycles. The quantitative estimate of drug-likeness (QED) is 0.722. The summed E-state index contributed by atoms with van der Waals surface area (Å²) >= 11 is 0. The third-order valence-corrected chi connectivity index (χ3v) is 3.58. The number of amides is 1. The molecule has 2 aliphatic heterocycles. The number of phenols is 1. The van der Waals surface area contributed by atoms with E-state index in [-0.39, 0.29) is 5.91 Å². The lowest BCUT2D eigenvalue weighted by Gasteiger charge is -2.30. The molecule has 0 atom stereocenters. The van der Waals surface area contributed by atoms with Gasteiger partial charge in [-0.2, -0.15) is 0 Å². The van der Waals surface area contributed by atoms with Crippen molar-refractivity contribution >= 4 is 11.6 Å². The fourth-order valence-electron chi connectivity index (χ4n) is 2.77. The number of rotatable bonds is 0. The van der Waals surface area contributed by atoms with E-state index in [9.17, 15) is 9.90 Å². The van der Waals surface area contributed by atoms with E-state index in [1.165, 1.54) is 5.56 Å². The van der Waals surface area contributed by atoms with Gasteiger partial charge < -0.3 is 10.0 Å². The summed E-state index contributed by atoms with van der Waals surface area (Å²) < 4.78 is 0. The highest BCUT2D eigenvalue weighted by Crippen LogP contribution is 2.39. The Morgan fingerprint density at radius 3 is 2.88 bits per heavy atom. The molecular weight excluding hydrogens is 202 g/mol. The fourth-order valence-corrected chi connectivity index (χ4v) is 2.77. The summed E-state index contributed by atoms with van der Waals surface area (Å²) in [6.45, 7) is 0.808. The number of hydrogen-bond donors (Lipinski definition) is 1. The Balaban J connectivity index is 2.22. The van der Waals surface area contributed by atoms with Crippen molar-refractivity contribution in [3.8, 4) is 5.75 Å². The zero-order valence-electron chi connectivity index (χ0n) is 9.20. The van der Waals surface area contributed by atoms with Gasteiger partial charge in [0.2, 0.25) is 5.91 Å². The van der Waals surface area contributed by atoms with Gasteiger partial charge in [0.1, 0.15) is 5.75 Å². The van der Waals surface area contributed by atoms with Gasteiger partial charge in [-0.15, -0.1) is 0 Å². The monoisotopic (exact) mass is 217 g/mol. The van der Waals surface area contributed by atoms with Crippen molar-refractivity contribution in [2.75, 3.05) is 11.4 Å². The van der Waals surface area contributed by atoms with Crippen LogP contribution in [0.1, 0.15) is 30.4 Å². The van der Waals surface area contributed by atoms with Crippen LogP contribution in [-0.2, 0) is 17.6 Å². The Hall–Kier alpha value is -1.51. The molecule has 0 fully saturated rings. The van der Waals surface area contributed by atoms with Gasteiger partial charge >= 0.3 is 0 Å². The van der Waals surface area contributed by atoms with Gasteiger partial charge in [-0.3, -0.25) is 4.79 Å². The zero-order chi connectivity index (χ0) is 11.1. The van der Waals surface area contributed by atoms with Crippen molar-refractivity contribution in [1.29, 1.82) is 0 Å². The first-order chi connectivity index (χ1) is 7.77. The highest BCUT2D eigenvalue weighted by atomic mass is 16.3. The molecule has 0 saturated heterocycles. The summed E-state index contributed by atoms with van der Waals surface area (Å²) in [5.74, 6) is 0.557. The molecule has 1 aromatic carbocycles. The summed E-state index contributed by atoms with van der Waals surface area (Å²) in [5, 5.41) is 9.89. The van der Waals surface area contributed by atoms with E-state index in [0.29, 0.717) is 12.2 Å². The maximum Gasteiger partial charge on any atom is 0.227 e. The number of carbonyl (C=O) groups is 1. The summed E-state index contributed by atoms with van der Waals surface area (Å²) in [6, 6.07) is 3.73. The Kier molecular flexibility index (Phi) is 2.13. The minimum absolute atomic E-state index is 0.209. The van der Waals surface area contributed by atoms with Crippen molar-refractivity contribution < 1.29 is 9.90 Å². The molecule has 0 aliphatic carbocycles. The number of benzene rings is 1. The van der Waals surface area contributed by atoms with Crippen LogP contribution in [0, 0.1) is 0 Å². The average molecular weight is 217 g/mol. The second-order valence-corrected chi connectivity index (χ2v) is 4.57. The summed E-state index contributed by atoms with van der Waals surface area (Å²) in [5.41, 5.74) is 3.20. The van der Waals surface area contributed by atoms with Crippen LogP contribution in [0.4, 0.5) is 5.69 Å². The second-order valence-electron chi connectivity index (χ2n) is 4.57. The highest BCUT2D eigenvalue weighted by Gasteiger charge is 2.29. The molecule has 0 spiro atoms. The molecule has 0 aromatic heterocycles. The molecule has 0 unspecified atom stereocenters. The molecule has 3 heteroatoms. The molecule has 2 heterocycles. The minimum atomic E-state index is 0.209. The number of aromatic hydroxyl groups is 1. The van der Waals surface area contributed by atoms with Gasteiger partial charge in [0.15, 0.2) is 0 Å². The standard InChI is InChI=1S/C13H15NO2/c15-11-6-4-9-5-7-12(16)14-8-2-1-3-10(11)13(9)14/h4,6,15H,1-3,5,7-8H2. The Morgan fingerprint density at radius 1 is 1.12 bits per heavy atom. The largest absolute Gasteiger partial charge is 0.508 e. The third kappa shape index (κ3) is 1.31. The number of carbonyl (C=O) groups excluding carboxylic acids is 1. The van der Waals surface area contributed by atoms with Crippen LogP contribution in [0.25, 0.3) is 0 Å². The number of phenolic OH excluding ortho intramolecular Hbond substituents is 1. The van der Waals surface area contributed by atoms with Crippen molar-refractivity contribution in [2.45, 2.75) is 32.1 Å². The SMILES string of the molecule is O=C1CCc2ccc(O)c3c2N1CCCC3. The molecule has 3 rings (SSSR count). The van der Waals surface area contributed by atoms with Gasteiger partial charge in [0.05, 0.1) is 5.69 Å². The Labute approximate surface area is 94.7 Å². The van der Waals surface area contributed by atoms with Crippen molar-refractivity contribution in [3.63, 3.8) is 0 Å². The van der Waals surface area contributed by atoms with Crippen LogP contribution in [0.5, 0.6) is 5.75 Å². The van der Waals surface area contributed by atoms with Crippen molar-refractivity contribution in [2.24, 2.45) is 0 Å². The predicted octanol–water partition coefficient (Wildman–Crippen LogP) is 2.01. The first-order valence-corrected chi connectivity index (χ1v) is 5.91. The fraction of sp³-hybridized carbons (Fsp3) is 0.462. The van der Waals surface area contributed by atoms with Gasteiger partial charge in [0, 0.05) is 18.5 Å². The number of hydrogen-bond acceptors (Lipinski definition) is 2. The van der Waals surface area contributed by atoms with Gasteiger partial charge in [-0.05, 0) is 37.3 Å². The van der Waals surface area contributed by atoms with E-state index in [2.05, 4.69) is 0 Å². The smallest absolute Gasteiger partial charge is 0.227 e. The molecule has 1 N–H and O–H groups in total. The predicted molar refractivity (Wildman–Crippen MR) is 61.7 cm³/mol. The number of aryl methyl sites for hydroxylation is 1. The van der Waals surface area contributed by atoms with E-state index >= 15 is 0 Å². The van der Waals surface area contributed by atoms with Crippen LogP contribution in [0.2, 0.25) is 0 Å². The molecule has 16 heavy (non-hydrogen) atoms. The normalized spacial score (nSPS) is 19.2. The summed E-state index contributed by atoms with van der Waals surface area (Å²) in [4.78, 5) is 13.8.